The summed E-state index contributed by atoms with van der Waals surface area (Å²) in [4.78, 5) is 4.04. The van der Waals surface area contributed by atoms with Crippen LogP contribution in [0.3, 0.4) is 0 Å². The monoisotopic (exact) mass is 178 g/mol. The summed E-state index contributed by atoms with van der Waals surface area (Å²) in [6, 6.07) is 3.73. The van der Waals surface area contributed by atoms with Crippen molar-refractivity contribution in [3.05, 3.63) is 35.7 Å². The number of nitrogens with two attached hydrogens (primary N) is 1. The van der Waals surface area contributed by atoms with Crippen molar-refractivity contribution in [3.63, 3.8) is 0 Å². The number of hydrogen-bond acceptors (Lipinski definition) is 3. The Hall–Kier alpha value is -1.19. The molecule has 1 aromatic heterocycles. The second kappa shape index (κ2) is 5.45. The first-order valence-corrected chi connectivity index (χ1v) is 4.29. The standard InChI is InChI=1S/C10H14N2O/c11-6-2-1-3-9-4-5-10(8-13)12-7-9/h1,3-5,7,13H,2,6,8,11H2. The van der Waals surface area contributed by atoms with Gasteiger partial charge >= 0.3 is 0 Å². The number of rotatable bonds is 4. The molecule has 3 N–H and O–H groups in total. The molecule has 1 rings (SSSR count). The van der Waals surface area contributed by atoms with E-state index in [9.17, 15) is 0 Å². The largest absolute Gasteiger partial charge is 0.390 e. The van der Waals surface area contributed by atoms with Crippen molar-refractivity contribution in [2.24, 2.45) is 5.73 Å². The molecule has 0 amide bonds. The summed E-state index contributed by atoms with van der Waals surface area (Å²) in [5.74, 6) is 0. The number of pyridine rings is 1. The van der Waals surface area contributed by atoms with E-state index < -0.39 is 0 Å². The Labute approximate surface area is 77.9 Å². The Morgan fingerprint density at radius 2 is 2.31 bits per heavy atom. The molecule has 0 unspecified atom stereocenters. The van der Waals surface area contributed by atoms with Gasteiger partial charge in [-0.3, -0.25) is 4.98 Å². The van der Waals surface area contributed by atoms with Crippen molar-refractivity contribution in [1.82, 2.24) is 4.98 Å². The van der Waals surface area contributed by atoms with Gasteiger partial charge in [-0.25, -0.2) is 0 Å². The van der Waals surface area contributed by atoms with Crippen molar-refractivity contribution < 1.29 is 5.11 Å². The maximum Gasteiger partial charge on any atom is 0.0852 e. The second-order valence-electron chi connectivity index (χ2n) is 2.72. The third-order valence-corrected chi connectivity index (χ3v) is 1.65. The van der Waals surface area contributed by atoms with Gasteiger partial charge in [0.25, 0.3) is 0 Å². The molecular weight excluding hydrogens is 164 g/mol. The van der Waals surface area contributed by atoms with E-state index in [2.05, 4.69) is 4.98 Å². The molecule has 70 valence electrons. The van der Waals surface area contributed by atoms with Gasteiger partial charge in [-0.1, -0.05) is 18.2 Å². The minimum Gasteiger partial charge on any atom is -0.390 e. The van der Waals surface area contributed by atoms with Crippen LogP contribution >= 0.6 is 0 Å². The average molecular weight is 178 g/mol. The highest BCUT2D eigenvalue weighted by Gasteiger charge is 1.90. The lowest BCUT2D eigenvalue weighted by atomic mass is 10.2. The SMILES string of the molecule is NCCC=Cc1ccc(CO)nc1. The Balaban J connectivity index is 2.58. The predicted molar refractivity (Wildman–Crippen MR) is 52.9 cm³/mol. The molecule has 0 aliphatic heterocycles. The molecule has 0 bridgehead atoms. The summed E-state index contributed by atoms with van der Waals surface area (Å²) in [5.41, 5.74) is 7.06. The van der Waals surface area contributed by atoms with Crippen LogP contribution in [-0.2, 0) is 6.61 Å². The number of aliphatic hydroxyl groups excluding tert-OH is 1. The van der Waals surface area contributed by atoms with Crippen molar-refractivity contribution in [2.45, 2.75) is 13.0 Å². The van der Waals surface area contributed by atoms with E-state index in [0.29, 0.717) is 12.2 Å². The predicted octanol–water partition coefficient (Wildman–Crippen LogP) is 0.936. The second-order valence-corrected chi connectivity index (χ2v) is 2.72. The van der Waals surface area contributed by atoms with Crippen LogP contribution < -0.4 is 5.73 Å². The molecule has 0 spiro atoms. The first-order chi connectivity index (χ1) is 6.36. The fraction of sp³-hybridized carbons (Fsp3) is 0.300. The molecule has 0 aliphatic carbocycles. The van der Waals surface area contributed by atoms with E-state index in [1.165, 1.54) is 0 Å². The lowest BCUT2D eigenvalue weighted by Crippen LogP contribution is -1.95. The van der Waals surface area contributed by atoms with Gasteiger partial charge in [0.05, 0.1) is 12.3 Å². The molecule has 0 saturated heterocycles. The first-order valence-electron chi connectivity index (χ1n) is 4.29. The smallest absolute Gasteiger partial charge is 0.0852 e. The van der Waals surface area contributed by atoms with E-state index in [1.54, 1.807) is 6.20 Å². The van der Waals surface area contributed by atoms with Crippen molar-refractivity contribution in [1.29, 1.82) is 0 Å². The third kappa shape index (κ3) is 3.36. The fourth-order valence-corrected chi connectivity index (χ4v) is 0.944. The Bertz CT molecular complexity index is 267. The van der Waals surface area contributed by atoms with E-state index >= 15 is 0 Å². The van der Waals surface area contributed by atoms with Gasteiger partial charge in [0.1, 0.15) is 0 Å². The number of nitrogens with zero attached hydrogens (tertiary/aromatic N) is 1. The average Bonchev–Trinajstić information content (AvgIpc) is 2.19. The maximum absolute atomic E-state index is 8.75. The molecule has 0 saturated carbocycles. The molecule has 3 nitrogen and oxygen atoms in total. The van der Waals surface area contributed by atoms with Crippen LogP contribution in [0.5, 0.6) is 0 Å². The van der Waals surface area contributed by atoms with Crippen LogP contribution in [0.1, 0.15) is 17.7 Å². The first kappa shape index (κ1) is 9.89. The van der Waals surface area contributed by atoms with Gasteiger partial charge in [-0.15, -0.1) is 0 Å². The minimum atomic E-state index is -0.00715. The zero-order chi connectivity index (χ0) is 9.52. The van der Waals surface area contributed by atoms with Gasteiger partial charge < -0.3 is 10.8 Å². The van der Waals surface area contributed by atoms with Gasteiger partial charge in [0, 0.05) is 6.20 Å². The topological polar surface area (TPSA) is 59.1 Å². The zero-order valence-electron chi connectivity index (χ0n) is 7.48. The molecular formula is C10H14N2O. The van der Waals surface area contributed by atoms with Crippen LogP contribution in [0.4, 0.5) is 0 Å². The molecule has 0 fully saturated rings. The van der Waals surface area contributed by atoms with Crippen LogP contribution in [0, 0.1) is 0 Å². The molecule has 0 atom stereocenters. The summed E-state index contributed by atoms with van der Waals surface area (Å²) in [6.07, 6.45) is 6.59. The number of hydrogen-bond donors (Lipinski definition) is 2. The quantitative estimate of drug-likeness (QED) is 0.721. The summed E-state index contributed by atoms with van der Waals surface area (Å²) in [5, 5.41) is 8.75. The van der Waals surface area contributed by atoms with Crippen LogP contribution in [0.25, 0.3) is 6.08 Å². The van der Waals surface area contributed by atoms with Crippen molar-refractivity contribution >= 4 is 6.08 Å². The van der Waals surface area contributed by atoms with E-state index in [1.807, 2.05) is 24.3 Å². The molecule has 0 radical (unpaired) electrons. The summed E-state index contributed by atoms with van der Waals surface area (Å²) >= 11 is 0. The maximum atomic E-state index is 8.75. The highest BCUT2D eigenvalue weighted by atomic mass is 16.3. The van der Waals surface area contributed by atoms with E-state index in [4.69, 9.17) is 10.8 Å². The Morgan fingerprint density at radius 1 is 1.46 bits per heavy atom. The lowest BCUT2D eigenvalue weighted by molar-refractivity contribution is 0.277. The zero-order valence-corrected chi connectivity index (χ0v) is 7.48. The lowest BCUT2D eigenvalue weighted by Gasteiger charge is -1.95. The van der Waals surface area contributed by atoms with Gasteiger partial charge in [-0.05, 0) is 24.6 Å². The molecule has 1 heterocycles. The highest BCUT2D eigenvalue weighted by molar-refractivity contribution is 5.47. The summed E-state index contributed by atoms with van der Waals surface area (Å²) in [7, 11) is 0. The summed E-state index contributed by atoms with van der Waals surface area (Å²) < 4.78 is 0. The fourth-order valence-electron chi connectivity index (χ4n) is 0.944. The Kier molecular flexibility index (Phi) is 4.15. The molecule has 3 heteroatoms. The highest BCUT2D eigenvalue weighted by Crippen LogP contribution is 2.02. The van der Waals surface area contributed by atoms with E-state index in [0.717, 1.165) is 12.0 Å². The summed E-state index contributed by atoms with van der Waals surface area (Å²) in [6.45, 7) is 0.658. The van der Waals surface area contributed by atoms with Crippen LogP contribution in [0.15, 0.2) is 24.4 Å². The normalized spacial score (nSPS) is 10.9. The van der Waals surface area contributed by atoms with Crippen molar-refractivity contribution in [3.8, 4) is 0 Å². The molecule has 1 aromatic rings. The van der Waals surface area contributed by atoms with Gasteiger partial charge in [-0.2, -0.15) is 0 Å². The third-order valence-electron chi connectivity index (χ3n) is 1.65. The van der Waals surface area contributed by atoms with Crippen molar-refractivity contribution in [2.75, 3.05) is 6.54 Å². The van der Waals surface area contributed by atoms with Crippen LogP contribution in [-0.4, -0.2) is 16.6 Å². The van der Waals surface area contributed by atoms with Gasteiger partial charge in [0.2, 0.25) is 0 Å². The number of aliphatic hydroxyl groups is 1. The van der Waals surface area contributed by atoms with Gasteiger partial charge in [0.15, 0.2) is 0 Å². The number of aromatic nitrogens is 1. The molecule has 0 aliphatic rings. The molecule has 0 aromatic carbocycles. The van der Waals surface area contributed by atoms with Crippen LogP contribution in [0.2, 0.25) is 0 Å². The molecule has 13 heavy (non-hydrogen) atoms. The Morgan fingerprint density at radius 3 is 2.85 bits per heavy atom. The minimum absolute atomic E-state index is 0.00715. The van der Waals surface area contributed by atoms with E-state index in [-0.39, 0.29) is 6.61 Å².